The fourth-order valence-electron chi connectivity index (χ4n) is 2.49. The summed E-state index contributed by atoms with van der Waals surface area (Å²) < 4.78 is 0. The van der Waals surface area contributed by atoms with Crippen LogP contribution >= 0.6 is 35.0 Å². The van der Waals surface area contributed by atoms with Crippen LogP contribution in [0.2, 0.25) is 0 Å². The van der Waals surface area contributed by atoms with Crippen molar-refractivity contribution < 1.29 is 28.8 Å². The zero-order valence-electron chi connectivity index (χ0n) is 18.2. The second-order valence-corrected chi connectivity index (χ2v) is 8.44. The van der Waals surface area contributed by atoms with Gasteiger partial charge in [-0.05, 0) is 0 Å². The average molecular weight is 500 g/mol. The third kappa shape index (κ3) is 12.2. The molecule has 1 rings (SSSR count). The fourth-order valence-corrected chi connectivity index (χ4v) is 3.35. The maximum absolute atomic E-state index is 12.1. The van der Waals surface area contributed by atoms with Crippen molar-refractivity contribution in [3.8, 4) is 0 Å². The first-order chi connectivity index (χ1) is 14.7. The number of carbonyl (C=O) groups is 5. The Labute approximate surface area is 197 Å². The molecule has 1 saturated heterocycles. The zero-order chi connectivity index (χ0) is 23.8. The second kappa shape index (κ2) is 17.1. The smallest absolute Gasteiger partial charge is 0.334 e. The van der Waals surface area contributed by atoms with Gasteiger partial charge in [0.1, 0.15) is 0 Å². The summed E-state index contributed by atoms with van der Waals surface area (Å²) in [6.45, 7) is 5.05. The van der Waals surface area contributed by atoms with Crippen molar-refractivity contribution in [2.24, 2.45) is 0 Å². The molecule has 4 amide bonds. The topological polar surface area (TPSA) is 104 Å². The first kappa shape index (κ1) is 29.5. The molecule has 1 fully saturated rings. The summed E-state index contributed by atoms with van der Waals surface area (Å²) in [6.07, 6.45) is 1.03. The molecule has 178 valence electrons. The van der Waals surface area contributed by atoms with Crippen molar-refractivity contribution in [2.45, 2.75) is 46.0 Å². The molecule has 0 aliphatic carbocycles. The van der Waals surface area contributed by atoms with Crippen molar-refractivity contribution in [3.63, 3.8) is 0 Å². The Morgan fingerprint density at radius 1 is 0.968 bits per heavy atom. The Morgan fingerprint density at radius 3 is 2.03 bits per heavy atom. The zero-order valence-corrected chi connectivity index (χ0v) is 20.6. The molecule has 1 heterocycles. The average Bonchev–Trinajstić information content (AvgIpc) is 3.06. The number of rotatable bonds is 12. The van der Waals surface area contributed by atoms with E-state index in [4.69, 9.17) is 28.0 Å². The molecule has 0 radical (unpaired) electrons. The molecule has 0 aromatic heterocycles. The number of alkyl halides is 2. The quantitative estimate of drug-likeness (QED) is 0.230. The summed E-state index contributed by atoms with van der Waals surface area (Å²) >= 11 is 11.0. The van der Waals surface area contributed by atoms with Gasteiger partial charge in [0.2, 0.25) is 11.8 Å². The molecule has 0 aromatic carbocycles. The SMILES string of the molecule is CCC(=O)N(C)CCN(CCSCCC(=O)ON1C(=O)CCC1=O)C(=O)CC.ClCCl. The van der Waals surface area contributed by atoms with Gasteiger partial charge in [0.15, 0.2) is 0 Å². The van der Waals surface area contributed by atoms with E-state index in [9.17, 15) is 24.0 Å². The molecule has 0 spiro atoms. The number of imide groups is 1. The molecule has 31 heavy (non-hydrogen) atoms. The van der Waals surface area contributed by atoms with Gasteiger partial charge in [0.25, 0.3) is 11.8 Å². The summed E-state index contributed by atoms with van der Waals surface area (Å²) in [5.74, 6) is -0.478. The van der Waals surface area contributed by atoms with Crippen molar-refractivity contribution in [1.82, 2.24) is 14.9 Å². The highest BCUT2D eigenvalue weighted by Gasteiger charge is 2.32. The maximum atomic E-state index is 12.1. The highest BCUT2D eigenvalue weighted by molar-refractivity contribution is 7.99. The number of hydrogen-bond donors (Lipinski definition) is 0. The van der Waals surface area contributed by atoms with Gasteiger partial charge < -0.3 is 14.6 Å². The standard InChI is InChI=1S/C18H29N3O6S.CH2Cl2/c1-4-14(22)19(3)9-10-20(15(23)5-2)11-13-28-12-8-18(26)27-21-16(24)6-7-17(21)25;2-1-3/h4-13H2,1-3H3;1H2. The lowest BCUT2D eigenvalue weighted by atomic mass is 10.3. The maximum Gasteiger partial charge on any atom is 0.334 e. The minimum atomic E-state index is -0.628. The first-order valence-electron chi connectivity index (χ1n) is 9.99. The number of halogens is 2. The molecular weight excluding hydrogens is 469 g/mol. The van der Waals surface area contributed by atoms with Crippen molar-refractivity contribution in [3.05, 3.63) is 0 Å². The van der Waals surface area contributed by atoms with Crippen LogP contribution in [0.4, 0.5) is 0 Å². The van der Waals surface area contributed by atoms with E-state index in [0.29, 0.717) is 49.0 Å². The second-order valence-electron chi connectivity index (χ2n) is 6.41. The van der Waals surface area contributed by atoms with E-state index in [1.807, 2.05) is 0 Å². The van der Waals surface area contributed by atoms with E-state index in [-0.39, 0.29) is 36.4 Å². The van der Waals surface area contributed by atoms with Crippen LogP contribution in [-0.4, -0.2) is 88.0 Å². The summed E-state index contributed by atoms with van der Waals surface area (Å²) in [5, 5.41) is 0.739. The number of hydrogen-bond acceptors (Lipinski definition) is 7. The number of thioether (sulfide) groups is 1. The van der Waals surface area contributed by atoms with Crippen LogP contribution < -0.4 is 0 Å². The van der Waals surface area contributed by atoms with Crippen LogP contribution in [0.3, 0.4) is 0 Å². The number of likely N-dealkylation sites (N-methyl/N-ethyl adjacent to an activating group) is 1. The lowest BCUT2D eigenvalue weighted by molar-refractivity contribution is -0.197. The number of amides is 4. The van der Waals surface area contributed by atoms with E-state index < -0.39 is 17.8 Å². The molecule has 0 N–H and O–H groups in total. The predicted octanol–water partition coefficient (Wildman–Crippen LogP) is 2.25. The Hall–Kier alpha value is -1.52. The van der Waals surface area contributed by atoms with Gasteiger partial charge in [-0.25, -0.2) is 4.79 Å². The molecule has 0 aromatic rings. The Bertz CT molecular complexity index is 607. The predicted molar refractivity (Wildman–Crippen MR) is 120 cm³/mol. The summed E-state index contributed by atoms with van der Waals surface area (Å²) in [4.78, 5) is 66.3. The minimum absolute atomic E-state index is 0.0171. The van der Waals surface area contributed by atoms with Crippen LogP contribution in [0.1, 0.15) is 46.0 Å². The van der Waals surface area contributed by atoms with Gasteiger partial charge in [-0.3, -0.25) is 19.2 Å². The number of hydroxylamine groups is 2. The van der Waals surface area contributed by atoms with Crippen LogP contribution in [0.25, 0.3) is 0 Å². The van der Waals surface area contributed by atoms with Gasteiger partial charge in [-0.15, -0.1) is 28.3 Å². The first-order valence-corrected chi connectivity index (χ1v) is 12.2. The minimum Gasteiger partial charge on any atom is -0.344 e. The van der Waals surface area contributed by atoms with E-state index in [2.05, 4.69) is 0 Å². The van der Waals surface area contributed by atoms with Crippen molar-refractivity contribution >= 4 is 64.6 Å². The summed E-state index contributed by atoms with van der Waals surface area (Å²) in [6, 6.07) is 0. The summed E-state index contributed by atoms with van der Waals surface area (Å²) in [7, 11) is 1.72. The van der Waals surface area contributed by atoms with E-state index in [1.165, 1.54) is 11.8 Å². The molecular formula is C19H31Cl2N3O6S. The Morgan fingerprint density at radius 2 is 1.52 bits per heavy atom. The molecule has 12 heteroatoms. The van der Waals surface area contributed by atoms with Crippen LogP contribution in [0.5, 0.6) is 0 Å². The van der Waals surface area contributed by atoms with Gasteiger partial charge >= 0.3 is 5.97 Å². The van der Waals surface area contributed by atoms with E-state index in [0.717, 1.165) is 0 Å². The fraction of sp³-hybridized carbons (Fsp3) is 0.737. The van der Waals surface area contributed by atoms with E-state index in [1.54, 1.807) is 30.7 Å². The van der Waals surface area contributed by atoms with Gasteiger partial charge in [0.05, 0.1) is 11.8 Å². The Kier molecular flexibility index (Phi) is 16.2. The normalized spacial score (nSPS) is 12.9. The van der Waals surface area contributed by atoms with Crippen LogP contribution in [0, 0.1) is 0 Å². The van der Waals surface area contributed by atoms with E-state index >= 15 is 0 Å². The third-order valence-electron chi connectivity index (χ3n) is 4.24. The third-order valence-corrected chi connectivity index (χ3v) is 5.21. The van der Waals surface area contributed by atoms with Gasteiger partial charge in [0, 0.05) is 63.9 Å². The van der Waals surface area contributed by atoms with Crippen molar-refractivity contribution in [2.75, 3.05) is 43.5 Å². The number of nitrogens with zero attached hydrogens (tertiary/aromatic N) is 3. The van der Waals surface area contributed by atoms with Crippen LogP contribution in [0.15, 0.2) is 0 Å². The van der Waals surface area contributed by atoms with Gasteiger partial charge in [-0.1, -0.05) is 13.8 Å². The monoisotopic (exact) mass is 499 g/mol. The molecule has 1 aliphatic heterocycles. The molecule has 9 nitrogen and oxygen atoms in total. The molecule has 1 aliphatic rings. The summed E-state index contributed by atoms with van der Waals surface area (Å²) in [5.41, 5.74) is 0. The highest BCUT2D eigenvalue weighted by atomic mass is 35.5. The molecule has 0 atom stereocenters. The van der Waals surface area contributed by atoms with Crippen LogP contribution in [-0.2, 0) is 28.8 Å². The van der Waals surface area contributed by atoms with Crippen molar-refractivity contribution in [1.29, 1.82) is 0 Å². The Balaban J connectivity index is 0.00000282. The molecule has 0 bridgehead atoms. The lowest BCUT2D eigenvalue weighted by Crippen LogP contribution is -2.40. The number of carbonyl (C=O) groups excluding carboxylic acids is 5. The van der Waals surface area contributed by atoms with Gasteiger partial charge in [-0.2, -0.15) is 11.8 Å². The lowest BCUT2D eigenvalue weighted by Gasteiger charge is -2.25. The largest absolute Gasteiger partial charge is 0.344 e. The molecule has 0 saturated carbocycles. The molecule has 0 unspecified atom stereocenters. The highest BCUT2D eigenvalue weighted by Crippen LogP contribution is 2.13.